The van der Waals surface area contributed by atoms with E-state index in [4.69, 9.17) is 9.47 Å². The van der Waals surface area contributed by atoms with Gasteiger partial charge in [-0.3, -0.25) is 0 Å². The van der Waals surface area contributed by atoms with Gasteiger partial charge in [-0.25, -0.2) is 9.59 Å². The number of carbonyl (C=O) groups excluding carboxylic acids is 2. The maximum Gasteiger partial charge on any atom is 0.354 e. The van der Waals surface area contributed by atoms with Crippen LogP contribution < -0.4 is 5.32 Å². The molecular weight excluding hydrogens is 272 g/mol. The summed E-state index contributed by atoms with van der Waals surface area (Å²) in [5, 5.41) is 2.65. The van der Waals surface area contributed by atoms with E-state index in [0.717, 1.165) is 6.42 Å². The van der Waals surface area contributed by atoms with E-state index in [9.17, 15) is 9.59 Å². The molecule has 1 aliphatic rings. The molecule has 21 heavy (non-hydrogen) atoms. The molecule has 6 heteroatoms. The summed E-state index contributed by atoms with van der Waals surface area (Å²) in [4.78, 5) is 25.6. The second-order valence-electron chi connectivity index (χ2n) is 5.86. The Kier molecular flexibility index (Phi) is 6.68. The average molecular weight is 298 g/mol. The fourth-order valence-electron chi connectivity index (χ4n) is 1.78. The molecule has 0 aliphatic carbocycles. The van der Waals surface area contributed by atoms with Gasteiger partial charge in [-0.15, -0.1) is 0 Å². The maximum absolute atomic E-state index is 12.1. The van der Waals surface area contributed by atoms with Gasteiger partial charge in [0.15, 0.2) is 0 Å². The van der Waals surface area contributed by atoms with Crippen LogP contribution in [-0.2, 0) is 14.3 Å². The molecule has 1 N–H and O–H groups in total. The van der Waals surface area contributed by atoms with Crippen molar-refractivity contribution >= 4 is 12.0 Å². The van der Waals surface area contributed by atoms with E-state index in [1.807, 2.05) is 0 Å². The summed E-state index contributed by atoms with van der Waals surface area (Å²) >= 11 is 0. The van der Waals surface area contributed by atoms with Crippen LogP contribution in [0.5, 0.6) is 0 Å². The first kappa shape index (κ1) is 17.5. The van der Waals surface area contributed by atoms with Crippen molar-refractivity contribution in [2.75, 3.05) is 33.4 Å². The van der Waals surface area contributed by atoms with Crippen LogP contribution in [0.3, 0.4) is 0 Å². The number of allylic oxidation sites excluding steroid dienone is 1. The molecule has 0 atom stereocenters. The van der Waals surface area contributed by atoms with E-state index >= 15 is 0 Å². The van der Waals surface area contributed by atoms with Crippen molar-refractivity contribution in [2.24, 2.45) is 5.41 Å². The lowest BCUT2D eigenvalue weighted by Gasteiger charge is -2.27. The zero-order chi connectivity index (χ0) is 15.9. The first-order valence-electron chi connectivity index (χ1n) is 7.32. The van der Waals surface area contributed by atoms with Gasteiger partial charge in [0, 0.05) is 13.1 Å². The van der Waals surface area contributed by atoms with E-state index in [2.05, 4.69) is 26.1 Å². The Hall–Kier alpha value is -1.56. The van der Waals surface area contributed by atoms with E-state index in [1.54, 1.807) is 11.0 Å². The first-order chi connectivity index (χ1) is 9.89. The minimum absolute atomic E-state index is 0.0724. The quantitative estimate of drug-likeness (QED) is 0.622. The summed E-state index contributed by atoms with van der Waals surface area (Å²) in [6.07, 6.45) is 3.42. The fourth-order valence-corrected chi connectivity index (χ4v) is 1.78. The highest BCUT2D eigenvalue weighted by molar-refractivity contribution is 5.93. The van der Waals surface area contributed by atoms with Crippen LogP contribution in [-0.4, -0.2) is 50.3 Å². The minimum Gasteiger partial charge on any atom is -0.464 e. The number of amides is 2. The van der Waals surface area contributed by atoms with Crippen molar-refractivity contribution in [2.45, 2.75) is 33.6 Å². The lowest BCUT2D eigenvalue weighted by atomic mass is 9.86. The molecule has 1 heterocycles. The van der Waals surface area contributed by atoms with Crippen molar-refractivity contribution in [3.05, 3.63) is 11.8 Å². The smallest absolute Gasteiger partial charge is 0.354 e. The number of carbonyl (C=O) groups is 2. The van der Waals surface area contributed by atoms with Crippen LogP contribution in [0.4, 0.5) is 4.79 Å². The number of methoxy groups -OCH3 is 1. The van der Waals surface area contributed by atoms with E-state index < -0.39 is 5.97 Å². The highest BCUT2D eigenvalue weighted by Crippen LogP contribution is 2.25. The van der Waals surface area contributed by atoms with Crippen LogP contribution in [0.2, 0.25) is 0 Å². The number of nitrogens with zero attached hydrogens (tertiary/aromatic N) is 1. The lowest BCUT2D eigenvalue weighted by molar-refractivity contribution is -0.136. The van der Waals surface area contributed by atoms with Gasteiger partial charge in [-0.2, -0.15) is 0 Å². The SMILES string of the molecule is CCC(C)(C)CC=C(NC(=O)N1CCOCC1)C(=O)OC. The van der Waals surface area contributed by atoms with Crippen molar-refractivity contribution in [3.63, 3.8) is 0 Å². The normalized spacial score (nSPS) is 16.6. The Morgan fingerprint density at radius 1 is 1.33 bits per heavy atom. The van der Waals surface area contributed by atoms with Crippen LogP contribution in [0.25, 0.3) is 0 Å². The van der Waals surface area contributed by atoms with E-state index in [-0.39, 0.29) is 17.1 Å². The zero-order valence-corrected chi connectivity index (χ0v) is 13.4. The number of urea groups is 1. The third kappa shape index (κ3) is 5.75. The molecule has 1 aliphatic heterocycles. The van der Waals surface area contributed by atoms with Gasteiger partial charge in [0.05, 0.1) is 20.3 Å². The Balaban J connectivity index is 2.71. The summed E-state index contributed by atoms with van der Waals surface area (Å²) in [6.45, 7) is 8.42. The highest BCUT2D eigenvalue weighted by Gasteiger charge is 2.21. The molecule has 1 saturated heterocycles. The van der Waals surface area contributed by atoms with Gasteiger partial charge in [-0.05, 0) is 11.8 Å². The topological polar surface area (TPSA) is 67.9 Å². The molecule has 2 amide bonds. The molecule has 1 rings (SSSR count). The minimum atomic E-state index is -0.525. The third-order valence-corrected chi connectivity index (χ3v) is 3.76. The Labute approximate surface area is 126 Å². The predicted octanol–water partition coefficient (Wildman–Crippen LogP) is 1.91. The number of hydrogen-bond acceptors (Lipinski definition) is 4. The summed E-state index contributed by atoms with van der Waals surface area (Å²) in [6, 6.07) is -0.288. The number of esters is 1. The number of hydrogen-bond donors (Lipinski definition) is 1. The summed E-state index contributed by atoms with van der Waals surface area (Å²) in [5.41, 5.74) is 0.277. The van der Waals surface area contributed by atoms with Gasteiger partial charge in [-0.1, -0.05) is 33.3 Å². The summed E-state index contributed by atoms with van der Waals surface area (Å²) in [7, 11) is 1.31. The molecule has 120 valence electrons. The van der Waals surface area contributed by atoms with Crippen LogP contribution in [0.15, 0.2) is 11.8 Å². The second kappa shape index (κ2) is 8.02. The molecular formula is C15H26N2O4. The van der Waals surface area contributed by atoms with Crippen LogP contribution in [0, 0.1) is 5.41 Å². The molecule has 0 aromatic heterocycles. The van der Waals surface area contributed by atoms with Gasteiger partial charge >= 0.3 is 12.0 Å². The molecule has 0 aromatic carbocycles. The average Bonchev–Trinajstić information content (AvgIpc) is 2.51. The molecule has 6 nitrogen and oxygen atoms in total. The molecule has 0 saturated carbocycles. The second-order valence-corrected chi connectivity index (χ2v) is 5.86. The predicted molar refractivity (Wildman–Crippen MR) is 79.7 cm³/mol. The third-order valence-electron chi connectivity index (χ3n) is 3.76. The summed E-state index contributed by atoms with van der Waals surface area (Å²) in [5.74, 6) is -0.525. The number of ether oxygens (including phenoxy) is 2. The Morgan fingerprint density at radius 3 is 2.48 bits per heavy atom. The van der Waals surface area contributed by atoms with Crippen molar-refractivity contribution in [1.29, 1.82) is 0 Å². The van der Waals surface area contributed by atoms with E-state index in [0.29, 0.717) is 32.7 Å². The highest BCUT2D eigenvalue weighted by atomic mass is 16.5. The summed E-state index contributed by atoms with van der Waals surface area (Å²) < 4.78 is 9.94. The first-order valence-corrected chi connectivity index (χ1v) is 7.32. The standard InChI is InChI=1S/C15H26N2O4/c1-5-15(2,3)7-6-12(13(18)20-4)16-14(19)17-8-10-21-11-9-17/h6H,5,7-11H2,1-4H3,(H,16,19). The molecule has 0 bridgehead atoms. The van der Waals surface area contributed by atoms with Gasteiger partial charge in [0.25, 0.3) is 0 Å². The van der Waals surface area contributed by atoms with Crippen molar-refractivity contribution < 1.29 is 19.1 Å². The zero-order valence-electron chi connectivity index (χ0n) is 13.4. The van der Waals surface area contributed by atoms with Crippen molar-refractivity contribution in [3.8, 4) is 0 Å². The maximum atomic E-state index is 12.1. The Bertz CT molecular complexity index is 398. The van der Waals surface area contributed by atoms with Crippen molar-refractivity contribution in [1.82, 2.24) is 10.2 Å². The Morgan fingerprint density at radius 2 is 1.95 bits per heavy atom. The van der Waals surface area contributed by atoms with Gasteiger partial charge in [0.1, 0.15) is 5.70 Å². The van der Waals surface area contributed by atoms with Gasteiger partial charge in [0.2, 0.25) is 0 Å². The van der Waals surface area contributed by atoms with Crippen LogP contribution in [0.1, 0.15) is 33.6 Å². The van der Waals surface area contributed by atoms with E-state index in [1.165, 1.54) is 7.11 Å². The molecule has 0 aromatic rings. The fraction of sp³-hybridized carbons (Fsp3) is 0.733. The number of nitrogens with one attached hydrogen (secondary N) is 1. The number of morpholine rings is 1. The largest absolute Gasteiger partial charge is 0.464 e. The van der Waals surface area contributed by atoms with Crippen LogP contribution >= 0.6 is 0 Å². The monoisotopic (exact) mass is 298 g/mol. The molecule has 0 spiro atoms. The molecule has 1 fully saturated rings. The lowest BCUT2D eigenvalue weighted by Crippen LogP contribution is -2.46. The number of rotatable bonds is 5. The van der Waals surface area contributed by atoms with Gasteiger partial charge < -0.3 is 19.7 Å². The molecule has 0 unspecified atom stereocenters. The molecule has 0 radical (unpaired) electrons.